The van der Waals surface area contributed by atoms with Crippen molar-refractivity contribution < 1.29 is 19.5 Å². The van der Waals surface area contributed by atoms with Crippen LogP contribution in [0.2, 0.25) is 0 Å². The van der Waals surface area contributed by atoms with Gasteiger partial charge >= 0.3 is 12.0 Å². The minimum absolute atomic E-state index is 0.172. The molecule has 7 heteroatoms. The molecule has 2 fully saturated rings. The standard InChI is InChI=1S/C12H19N3O4/c13-10(16)8-3-5-15(6-8)12(19)14-4-1-2-9(7-14)11(17)18/h8-9H,1-7H2,(H2,13,16)(H,17,18). The first-order valence-corrected chi connectivity index (χ1v) is 6.55. The Balaban J connectivity index is 1.93. The van der Waals surface area contributed by atoms with Gasteiger partial charge in [-0.3, -0.25) is 9.59 Å². The molecule has 0 spiro atoms. The molecular formula is C12H19N3O4. The summed E-state index contributed by atoms with van der Waals surface area (Å²) >= 11 is 0. The highest BCUT2D eigenvalue weighted by molar-refractivity contribution is 5.81. The van der Waals surface area contributed by atoms with Crippen LogP contribution in [0.15, 0.2) is 0 Å². The molecule has 0 bridgehead atoms. The lowest BCUT2D eigenvalue weighted by Gasteiger charge is -2.33. The van der Waals surface area contributed by atoms with Gasteiger partial charge in [0.2, 0.25) is 5.91 Å². The first-order valence-electron chi connectivity index (χ1n) is 6.55. The van der Waals surface area contributed by atoms with Gasteiger partial charge in [0, 0.05) is 26.2 Å². The van der Waals surface area contributed by atoms with Crippen LogP contribution in [0.4, 0.5) is 4.79 Å². The molecule has 2 unspecified atom stereocenters. The van der Waals surface area contributed by atoms with Gasteiger partial charge < -0.3 is 20.6 Å². The number of aliphatic carboxylic acids is 1. The summed E-state index contributed by atoms with van der Waals surface area (Å²) in [7, 11) is 0. The molecule has 2 rings (SSSR count). The van der Waals surface area contributed by atoms with Crippen LogP contribution in [0.25, 0.3) is 0 Å². The summed E-state index contributed by atoms with van der Waals surface area (Å²) in [4.78, 5) is 37.5. The lowest BCUT2D eigenvalue weighted by molar-refractivity contribution is -0.143. The van der Waals surface area contributed by atoms with Crippen molar-refractivity contribution in [2.75, 3.05) is 26.2 Å². The zero-order valence-corrected chi connectivity index (χ0v) is 10.7. The number of carboxylic acid groups (broad SMARTS) is 1. The molecule has 0 aromatic rings. The van der Waals surface area contributed by atoms with Crippen molar-refractivity contribution >= 4 is 17.9 Å². The molecule has 0 saturated carbocycles. The number of primary amides is 1. The summed E-state index contributed by atoms with van der Waals surface area (Å²) in [6.07, 6.45) is 1.91. The maximum Gasteiger partial charge on any atom is 0.320 e. The van der Waals surface area contributed by atoms with Gasteiger partial charge in [-0.15, -0.1) is 0 Å². The number of carboxylic acids is 1. The van der Waals surface area contributed by atoms with E-state index in [1.165, 1.54) is 0 Å². The Morgan fingerprint density at radius 1 is 1.00 bits per heavy atom. The molecule has 0 radical (unpaired) electrons. The third kappa shape index (κ3) is 2.97. The number of carbonyl (C=O) groups excluding carboxylic acids is 2. The van der Waals surface area contributed by atoms with E-state index in [4.69, 9.17) is 10.8 Å². The fourth-order valence-corrected chi connectivity index (χ4v) is 2.72. The minimum atomic E-state index is -0.853. The van der Waals surface area contributed by atoms with E-state index in [1.807, 2.05) is 0 Å². The Bertz CT molecular complexity index is 398. The van der Waals surface area contributed by atoms with Crippen molar-refractivity contribution in [1.29, 1.82) is 0 Å². The maximum atomic E-state index is 12.2. The smallest absolute Gasteiger partial charge is 0.320 e. The van der Waals surface area contributed by atoms with Crippen molar-refractivity contribution in [3.05, 3.63) is 0 Å². The fourth-order valence-electron chi connectivity index (χ4n) is 2.72. The first kappa shape index (κ1) is 13.6. The van der Waals surface area contributed by atoms with Crippen LogP contribution in [0.1, 0.15) is 19.3 Å². The summed E-state index contributed by atoms with van der Waals surface area (Å²) in [5.41, 5.74) is 5.23. The Kier molecular flexibility index (Phi) is 3.92. The number of hydrogen-bond acceptors (Lipinski definition) is 3. The molecule has 7 nitrogen and oxygen atoms in total. The van der Waals surface area contributed by atoms with E-state index < -0.39 is 11.9 Å². The van der Waals surface area contributed by atoms with Gasteiger partial charge in [-0.05, 0) is 19.3 Å². The van der Waals surface area contributed by atoms with Crippen molar-refractivity contribution in [2.45, 2.75) is 19.3 Å². The first-order chi connectivity index (χ1) is 8.99. The fraction of sp³-hybridized carbons (Fsp3) is 0.750. The van der Waals surface area contributed by atoms with Gasteiger partial charge in [0.15, 0.2) is 0 Å². The number of hydrogen-bond donors (Lipinski definition) is 2. The van der Waals surface area contributed by atoms with Crippen LogP contribution in [-0.2, 0) is 9.59 Å². The highest BCUT2D eigenvalue weighted by Gasteiger charge is 2.35. The molecule has 106 valence electrons. The average Bonchev–Trinajstić information content (AvgIpc) is 2.87. The van der Waals surface area contributed by atoms with Crippen LogP contribution >= 0.6 is 0 Å². The number of piperidine rings is 1. The Hall–Kier alpha value is -1.79. The van der Waals surface area contributed by atoms with Crippen LogP contribution < -0.4 is 5.73 Å². The summed E-state index contributed by atoms with van der Waals surface area (Å²) in [5.74, 6) is -1.98. The van der Waals surface area contributed by atoms with Crippen LogP contribution in [-0.4, -0.2) is 59.0 Å². The van der Waals surface area contributed by atoms with E-state index in [0.717, 1.165) is 0 Å². The summed E-state index contributed by atoms with van der Waals surface area (Å²) in [6, 6.07) is -0.172. The number of nitrogens with zero attached hydrogens (tertiary/aromatic N) is 2. The number of amides is 3. The third-order valence-electron chi connectivity index (χ3n) is 3.90. The molecule has 0 aromatic carbocycles. The third-order valence-corrected chi connectivity index (χ3v) is 3.90. The van der Waals surface area contributed by atoms with E-state index >= 15 is 0 Å². The van der Waals surface area contributed by atoms with Crippen molar-refractivity contribution in [3.63, 3.8) is 0 Å². The van der Waals surface area contributed by atoms with Crippen LogP contribution in [0.5, 0.6) is 0 Å². The van der Waals surface area contributed by atoms with Gasteiger partial charge in [-0.25, -0.2) is 4.79 Å². The van der Waals surface area contributed by atoms with Gasteiger partial charge in [0.1, 0.15) is 0 Å². The van der Waals surface area contributed by atoms with Gasteiger partial charge in [0.05, 0.1) is 11.8 Å². The van der Waals surface area contributed by atoms with Crippen molar-refractivity contribution in [3.8, 4) is 0 Å². The molecule has 0 aliphatic carbocycles. The summed E-state index contributed by atoms with van der Waals surface area (Å²) in [5, 5.41) is 9.01. The second-order valence-corrected chi connectivity index (χ2v) is 5.24. The van der Waals surface area contributed by atoms with Gasteiger partial charge in [0.25, 0.3) is 0 Å². The Morgan fingerprint density at radius 3 is 2.21 bits per heavy atom. The molecule has 2 atom stereocenters. The Morgan fingerprint density at radius 2 is 1.63 bits per heavy atom. The second kappa shape index (κ2) is 5.46. The SMILES string of the molecule is NC(=O)C1CCN(C(=O)N2CCCC(C(=O)O)C2)C1. The molecule has 2 aliphatic rings. The summed E-state index contributed by atoms with van der Waals surface area (Å²) in [6.45, 7) is 1.70. The molecule has 2 saturated heterocycles. The van der Waals surface area contributed by atoms with E-state index in [9.17, 15) is 14.4 Å². The van der Waals surface area contributed by atoms with Crippen LogP contribution in [0.3, 0.4) is 0 Å². The minimum Gasteiger partial charge on any atom is -0.481 e. The number of nitrogens with two attached hydrogens (primary N) is 1. The molecule has 2 aliphatic heterocycles. The largest absolute Gasteiger partial charge is 0.481 e. The second-order valence-electron chi connectivity index (χ2n) is 5.24. The lowest BCUT2D eigenvalue weighted by Crippen LogP contribution is -2.48. The summed E-state index contributed by atoms with van der Waals surface area (Å²) < 4.78 is 0. The average molecular weight is 269 g/mol. The van der Waals surface area contributed by atoms with Gasteiger partial charge in [-0.1, -0.05) is 0 Å². The van der Waals surface area contributed by atoms with Crippen molar-refractivity contribution in [1.82, 2.24) is 9.80 Å². The molecular weight excluding hydrogens is 250 g/mol. The molecule has 0 aromatic heterocycles. The Labute approximate surface area is 111 Å². The monoisotopic (exact) mass is 269 g/mol. The zero-order chi connectivity index (χ0) is 14.0. The predicted octanol–water partition coefficient (Wildman–Crippen LogP) is -0.290. The number of carbonyl (C=O) groups is 3. The van der Waals surface area contributed by atoms with E-state index in [2.05, 4.69) is 0 Å². The van der Waals surface area contributed by atoms with E-state index in [0.29, 0.717) is 38.9 Å². The molecule has 2 heterocycles. The topological polar surface area (TPSA) is 104 Å². The predicted molar refractivity (Wildman–Crippen MR) is 66.2 cm³/mol. The molecule has 19 heavy (non-hydrogen) atoms. The highest BCUT2D eigenvalue weighted by atomic mass is 16.4. The number of rotatable bonds is 2. The molecule has 3 N–H and O–H groups in total. The van der Waals surface area contributed by atoms with Gasteiger partial charge in [-0.2, -0.15) is 0 Å². The van der Waals surface area contributed by atoms with Crippen molar-refractivity contribution in [2.24, 2.45) is 17.6 Å². The highest BCUT2D eigenvalue weighted by Crippen LogP contribution is 2.21. The quantitative estimate of drug-likeness (QED) is 0.718. The molecule has 3 amide bonds. The van der Waals surface area contributed by atoms with E-state index in [-0.39, 0.29) is 24.4 Å². The van der Waals surface area contributed by atoms with E-state index in [1.54, 1.807) is 9.80 Å². The number of likely N-dealkylation sites (tertiary alicyclic amines) is 2. The lowest BCUT2D eigenvalue weighted by atomic mass is 9.99. The number of urea groups is 1. The zero-order valence-electron chi connectivity index (χ0n) is 10.7. The maximum absolute atomic E-state index is 12.2. The van der Waals surface area contributed by atoms with Crippen LogP contribution in [0, 0.1) is 11.8 Å². The normalized spacial score (nSPS) is 27.4.